The summed E-state index contributed by atoms with van der Waals surface area (Å²) in [6.45, 7) is 4.00. The van der Waals surface area contributed by atoms with Gasteiger partial charge in [-0.25, -0.2) is 0 Å². The number of amides is 2. The molecule has 2 amide bonds. The number of nitrogens with one attached hydrogen (secondary N) is 1. The van der Waals surface area contributed by atoms with Crippen LogP contribution in [0.2, 0.25) is 0 Å². The van der Waals surface area contributed by atoms with E-state index < -0.39 is 6.10 Å². The molecule has 0 saturated carbocycles. The quantitative estimate of drug-likeness (QED) is 0.879. The Hall–Kier alpha value is -1.92. The van der Waals surface area contributed by atoms with Gasteiger partial charge in [0.15, 0.2) is 0 Å². The van der Waals surface area contributed by atoms with Crippen LogP contribution in [0.5, 0.6) is 0 Å². The van der Waals surface area contributed by atoms with E-state index in [9.17, 15) is 9.59 Å². The SMILES string of the molecule is Cc1cc(C(=O)N2CCCC2)ccc1NC(=O)[C@@H]1CC[C@H](CN)O1. The minimum Gasteiger partial charge on any atom is -0.364 e. The van der Waals surface area contributed by atoms with Gasteiger partial charge in [0.2, 0.25) is 0 Å². The number of hydrogen-bond donors (Lipinski definition) is 2. The molecule has 3 N–H and O–H groups in total. The summed E-state index contributed by atoms with van der Waals surface area (Å²) in [5.74, 6) is -0.0777. The van der Waals surface area contributed by atoms with Crippen LogP contribution in [0.4, 0.5) is 5.69 Å². The van der Waals surface area contributed by atoms with E-state index in [0.29, 0.717) is 18.5 Å². The average Bonchev–Trinajstić information content (AvgIpc) is 3.27. The normalized spacial score (nSPS) is 23.5. The van der Waals surface area contributed by atoms with Crippen molar-refractivity contribution in [1.82, 2.24) is 4.90 Å². The molecule has 6 heteroatoms. The van der Waals surface area contributed by atoms with Crippen LogP contribution in [0.15, 0.2) is 18.2 Å². The first-order chi connectivity index (χ1) is 11.6. The van der Waals surface area contributed by atoms with Crippen LogP contribution >= 0.6 is 0 Å². The number of hydrogen-bond acceptors (Lipinski definition) is 4. The monoisotopic (exact) mass is 331 g/mol. The Morgan fingerprint density at radius 3 is 2.67 bits per heavy atom. The van der Waals surface area contributed by atoms with Gasteiger partial charge < -0.3 is 20.7 Å². The summed E-state index contributed by atoms with van der Waals surface area (Å²) < 4.78 is 5.62. The third-order valence-corrected chi connectivity index (χ3v) is 4.79. The molecule has 6 nitrogen and oxygen atoms in total. The molecule has 0 unspecified atom stereocenters. The number of carbonyl (C=O) groups excluding carboxylic acids is 2. The molecule has 0 aromatic heterocycles. The summed E-state index contributed by atoms with van der Waals surface area (Å²) in [5, 5.41) is 2.90. The molecule has 1 aromatic carbocycles. The maximum atomic E-state index is 12.4. The minimum atomic E-state index is -0.441. The highest BCUT2D eigenvalue weighted by Gasteiger charge is 2.30. The molecule has 2 aliphatic rings. The molecule has 0 aliphatic carbocycles. The van der Waals surface area contributed by atoms with Crippen molar-refractivity contribution < 1.29 is 14.3 Å². The van der Waals surface area contributed by atoms with E-state index in [-0.39, 0.29) is 17.9 Å². The van der Waals surface area contributed by atoms with E-state index in [2.05, 4.69) is 5.32 Å². The molecule has 2 heterocycles. The molecule has 1 aromatic rings. The second-order valence-electron chi connectivity index (χ2n) is 6.58. The lowest BCUT2D eigenvalue weighted by Gasteiger charge is -2.17. The molecule has 2 aliphatic heterocycles. The van der Waals surface area contributed by atoms with Crippen molar-refractivity contribution in [3.05, 3.63) is 29.3 Å². The second kappa shape index (κ2) is 7.32. The summed E-state index contributed by atoms with van der Waals surface area (Å²) in [6.07, 6.45) is 3.19. The number of ether oxygens (including phenoxy) is 1. The molecular weight excluding hydrogens is 306 g/mol. The van der Waals surface area contributed by atoms with Crippen LogP contribution in [0, 0.1) is 6.92 Å². The fourth-order valence-electron chi connectivity index (χ4n) is 3.32. The third-order valence-electron chi connectivity index (χ3n) is 4.79. The van der Waals surface area contributed by atoms with Crippen molar-refractivity contribution in [2.24, 2.45) is 5.73 Å². The van der Waals surface area contributed by atoms with Crippen molar-refractivity contribution in [3.8, 4) is 0 Å². The van der Waals surface area contributed by atoms with E-state index in [1.807, 2.05) is 17.9 Å². The standard InChI is InChI=1S/C18H25N3O3/c1-12-10-13(18(23)21-8-2-3-9-21)4-6-15(12)20-17(22)16-7-5-14(11-19)24-16/h4,6,10,14,16H,2-3,5,7-9,11,19H2,1H3,(H,20,22)/t14-,16+/m1/s1. The Bertz CT molecular complexity index is 626. The van der Waals surface area contributed by atoms with Crippen LogP contribution < -0.4 is 11.1 Å². The van der Waals surface area contributed by atoms with Gasteiger partial charge in [-0.1, -0.05) is 0 Å². The van der Waals surface area contributed by atoms with Crippen molar-refractivity contribution in [3.63, 3.8) is 0 Å². The minimum absolute atomic E-state index is 0.0256. The summed E-state index contributed by atoms with van der Waals surface area (Å²) >= 11 is 0. The first kappa shape index (κ1) is 16.9. The smallest absolute Gasteiger partial charge is 0.253 e. The molecule has 0 spiro atoms. The largest absolute Gasteiger partial charge is 0.364 e. The van der Waals surface area contributed by atoms with Crippen molar-refractivity contribution in [2.45, 2.75) is 44.8 Å². The predicted octanol–water partition coefficient (Wildman–Crippen LogP) is 1.68. The lowest BCUT2D eigenvalue weighted by atomic mass is 10.1. The lowest BCUT2D eigenvalue weighted by Crippen LogP contribution is -2.30. The van der Waals surface area contributed by atoms with Crippen molar-refractivity contribution >= 4 is 17.5 Å². The molecule has 24 heavy (non-hydrogen) atoms. The topological polar surface area (TPSA) is 84.7 Å². The first-order valence-corrected chi connectivity index (χ1v) is 8.65. The zero-order valence-corrected chi connectivity index (χ0v) is 14.1. The number of nitrogens with two attached hydrogens (primary N) is 1. The number of anilines is 1. The number of carbonyl (C=O) groups is 2. The van der Waals surface area contributed by atoms with Gasteiger partial charge in [0.1, 0.15) is 6.10 Å². The molecule has 2 atom stereocenters. The van der Waals surface area contributed by atoms with Gasteiger partial charge in [0, 0.05) is 30.9 Å². The van der Waals surface area contributed by atoms with Crippen molar-refractivity contribution in [2.75, 3.05) is 25.0 Å². The third kappa shape index (κ3) is 3.60. The Balaban J connectivity index is 1.64. The van der Waals surface area contributed by atoms with Crippen LogP contribution in [0.25, 0.3) is 0 Å². The first-order valence-electron chi connectivity index (χ1n) is 8.65. The Morgan fingerprint density at radius 1 is 1.29 bits per heavy atom. The van der Waals surface area contributed by atoms with Gasteiger partial charge in [-0.2, -0.15) is 0 Å². The van der Waals surface area contributed by atoms with Gasteiger partial charge in [-0.05, 0) is 56.4 Å². The molecule has 130 valence electrons. The fraction of sp³-hybridized carbons (Fsp3) is 0.556. The van der Waals surface area contributed by atoms with E-state index in [4.69, 9.17) is 10.5 Å². The summed E-state index contributed by atoms with van der Waals surface area (Å²) in [4.78, 5) is 26.6. The predicted molar refractivity (Wildman–Crippen MR) is 91.9 cm³/mol. The van der Waals surface area contributed by atoms with Crippen molar-refractivity contribution in [1.29, 1.82) is 0 Å². The van der Waals surface area contributed by atoms with Gasteiger partial charge in [0.05, 0.1) is 6.10 Å². The van der Waals surface area contributed by atoms with Crippen LogP contribution in [-0.4, -0.2) is 48.6 Å². The van der Waals surface area contributed by atoms with E-state index in [1.54, 1.807) is 12.1 Å². The summed E-state index contributed by atoms with van der Waals surface area (Å²) in [5.41, 5.74) is 7.85. The van der Waals surface area contributed by atoms with Gasteiger partial charge in [0.25, 0.3) is 11.8 Å². The summed E-state index contributed by atoms with van der Waals surface area (Å²) in [6, 6.07) is 5.42. The maximum absolute atomic E-state index is 12.4. The van der Waals surface area contributed by atoms with Crippen LogP contribution in [-0.2, 0) is 9.53 Å². The average molecular weight is 331 g/mol. The Labute approximate surface area is 142 Å². The molecule has 0 radical (unpaired) electrons. The number of likely N-dealkylation sites (tertiary alicyclic amines) is 1. The highest BCUT2D eigenvalue weighted by molar-refractivity contribution is 5.97. The number of rotatable bonds is 4. The lowest BCUT2D eigenvalue weighted by molar-refractivity contribution is -0.126. The Kier molecular flexibility index (Phi) is 5.16. The van der Waals surface area contributed by atoms with Gasteiger partial charge in [-0.15, -0.1) is 0 Å². The number of benzene rings is 1. The zero-order chi connectivity index (χ0) is 17.1. The second-order valence-corrected chi connectivity index (χ2v) is 6.58. The highest BCUT2D eigenvalue weighted by Crippen LogP contribution is 2.23. The summed E-state index contributed by atoms with van der Waals surface area (Å²) in [7, 11) is 0. The van der Waals surface area contributed by atoms with Crippen LogP contribution in [0.3, 0.4) is 0 Å². The Morgan fingerprint density at radius 2 is 2.04 bits per heavy atom. The number of nitrogens with zero attached hydrogens (tertiary/aromatic N) is 1. The van der Waals surface area contributed by atoms with Crippen LogP contribution in [0.1, 0.15) is 41.6 Å². The molecular formula is C18H25N3O3. The van der Waals surface area contributed by atoms with E-state index in [0.717, 1.165) is 43.6 Å². The maximum Gasteiger partial charge on any atom is 0.253 e. The molecule has 2 fully saturated rings. The highest BCUT2D eigenvalue weighted by atomic mass is 16.5. The molecule has 0 bridgehead atoms. The molecule has 2 saturated heterocycles. The zero-order valence-electron chi connectivity index (χ0n) is 14.1. The molecule has 3 rings (SSSR count). The van der Waals surface area contributed by atoms with E-state index in [1.165, 1.54) is 0 Å². The van der Waals surface area contributed by atoms with Gasteiger partial charge >= 0.3 is 0 Å². The number of aryl methyl sites for hydroxylation is 1. The fourth-order valence-corrected chi connectivity index (χ4v) is 3.32. The van der Waals surface area contributed by atoms with E-state index >= 15 is 0 Å². The van der Waals surface area contributed by atoms with Gasteiger partial charge in [-0.3, -0.25) is 9.59 Å².